The predicted octanol–water partition coefficient (Wildman–Crippen LogP) is 2.29. The molecular formula is C17H17ClF3N3O5S. The summed E-state index contributed by atoms with van der Waals surface area (Å²) in [4.78, 5) is 22.6. The van der Waals surface area contributed by atoms with Crippen LogP contribution >= 0.6 is 11.6 Å². The molecule has 0 aliphatic carbocycles. The molecule has 0 amide bonds. The van der Waals surface area contributed by atoms with Gasteiger partial charge in [-0.2, -0.15) is 18.4 Å². The van der Waals surface area contributed by atoms with E-state index in [1.165, 1.54) is 6.92 Å². The first kappa shape index (κ1) is 25.4. The van der Waals surface area contributed by atoms with E-state index in [0.717, 1.165) is 12.1 Å². The molecule has 0 aromatic heterocycles. The van der Waals surface area contributed by atoms with E-state index in [0.29, 0.717) is 6.07 Å². The lowest BCUT2D eigenvalue weighted by atomic mass is 10.1. The summed E-state index contributed by atoms with van der Waals surface area (Å²) < 4.78 is 69.5. The van der Waals surface area contributed by atoms with Gasteiger partial charge in [-0.15, -0.1) is 0 Å². The van der Waals surface area contributed by atoms with Gasteiger partial charge in [0.1, 0.15) is 11.6 Å². The van der Waals surface area contributed by atoms with Crippen molar-refractivity contribution in [1.29, 1.82) is 5.26 Å². The number of nitriles is 1. The summed E-state index contributed by atoms with van der Waals surface area (Å²) in [6.45, 7) is 0.357. The number of carbonyl (C=O) groups is 2. The Hall–Kier alpha value is -2.62. The number of nitrogens with one attached hydrogen (secondary N) is 1. The number of sulfonamides is 1. The van der Waals surface area contributed by atoms with Crippen molar-refractivity contribution >= 4 is 33.4 Å². The molecule has 1 aromatic carbocycles. The molecule has 3 N–H and O–H groups in total. The van der Waals surface area contributed by atoms with Gasteiger partial charge in [0.05, 0.1) is 15.5 Å². The standard InChI is InChI=1S/C17H17ClF3N3O5S/c1-10(23)12(8-22)15(25)9-29-16(26)3-2-6-24-30(27,28)11-4-5-14(18)13(7-11)17(19,20)21/h4-5,7,24H,2-3,6,9,23H2,1H3. The van der Waals surface area contributed by atoms with Gasteiger partial charge in [0.15, 0.2) is 6.61 Å². The van der Waals surface area contributed by atoms with E-state index in [-0.39, 0.29) is 30.7 Å². The predicted molar refractivity (Wildman–Crippen MR) is 99.3 cm³/mol. The molecule has 0 aliphatic heterocycles. The molecule has 0 radical (unpaired) electrons. The van der Waals surface area contributed by atoms with Crippen LogP contribution in [0, 0.1) is 11.3 Å². The Kier molecular flexibility index (Phi) is 8.83. The summed E-state index contributed by atoms with van der Waals surface area (Å²) in [6, 6.07) is 3.73. The molecule has 0 fully saturated rings. The number of carbonyl (C=O) groups excluding carboxylic acids is 2. The highest BCUT2D eigenvalue weighted by Crippen LogP contribution is 2.35. The summed E-state index contributed by atoms with van der Waals surface area (Å²) >= 11 is 5.45. The maximum Gasteiger partial charge on any atom is 0.417 e. The maximum atomic E-state index is 12.9. The summed E-state index contributed by atoms with van der Waals surface area (Å²) in [7, 11) is -4.28. The van der Waals surface area contributed by atoms with Gasteiger partial charge in [-0.1, -0.05) is 11.6 Å². The topological polar surface area (TPSA) is 139 Å². The van der Waals surface area contributed by atoms with Gasteiger partial charge in [-0.25, -0.2) is 13.1 Å². The van der Waals surface area contributed by atoms with Crippen LogP contribution in [0.1, 0.15) is 25.3 Å². The molecule has 0 saturated heterocycles. The highest BCUT2D eigenvalue weighted by molar-refractivity contribution is 7.89. The first-order valence-electron chi connectivity index (χ1n) is 8.21. The van der Waals surface area contributed by atoms with Crippen molar-refractivity contribution in [2.24, 2.45) is 5.73 Å². The van der Waals surface area contributed by atoms with Gasteiger partial charge < -0.3 is 10.5 Å². The van der Waals surface area contributed by atoms with Gasteiger partial charge in [-0.3, -0.25) is 9.59 Å². The average Bonchev–Trinajstić information content (AvgIpc) is 2.63. The van der Waals surface area contributed by atoms with E-state index in [9.17, 15) is 31.2 Å². The molecule has 8 nitrogen and oxygen atoms in total. The molecule has 0 heterocycles. The van der Waals surface area contributed by atoms with Crippen LogP contribution in [0.3, 0.4) is 0 Å². The highest BCUT2D eigenvalue weighted by Gasteiger charge is 2.34. The number of nitrogens with two attached hydrogens (primary N) is 1. The summed E-state index contributed by atoms with van der Waals surface area (Å²) in [5.74, 6) is -1.62. The third-order valence-electron chi connectivity index (χ3n) is 3.55. The van der Waals surface area contributed by atoms with Crippen molar-refractivity contribution in [2.75, 3.05) is 13.2 Å². The molecule has 0 aliphatic rings. The van der Waals surface area contributed by atoms with Crippen molar-refractivity contribution in [3.05, 3.63) is 40.1 Å². The lowest BCUT2D eigenvalue weighted by Crippen LogP contribution is -2.26. The zero-order valence-corrected chi connectivity index (χ0v) is 17.1. The Bertz CT molecular complexity index is 997. The third kappa shape index (κ3) is 7.33. The molecule has 0 atom stereocenters. The number of ketones is 1. The zero-order valence-electron chi connectivity index (χ0n) is 15.5. The highest BCUT2D eigenvalue weighted by atomic mass is 35.5. The molecule has 1 rings (SSSR count). The van der Waals surface area contributed by atoms with Gasteiger partial charge in [0, 0.05) is 18.7 Å². The van der Waals surface area contributed by atoms with E-state index in [1.807, 2.05) is 0 Å². The smallest absolute Gasteiger partial charge is 0.417 e. The normalized spacial score (nSPS) is 12.7. The number of allylic oxidation sites excluding steroid dienone is 1. The molecule has 13 heteroatoms. The Morgan fingerprint density at radius 1 is 1.33 bits per heavy atom. The molecular weight excluding hydrogens is 451 g/mol. The van der Waals surface area contributed by atoms with Crippen molar-refractivity contribution in [3.63, 3.8) is 0 Å². The molecule has 164 valence electrons. The van der Waals surface area contributed by atoms with Crippen LogP contribution in [0.2, 0.25) is 5.02 Å². The number of Topliss-reactive ketones (excluding diaryl/α,β-unsaturated/α-hetero) is 1. The van der Waals surface area contributed by atoms with Crippen LogP contribution in [-0.4, -0.2) is 33.3 Å². The number of alkyl halides is 3. The van der Waals surface area contributed by atoms with E-state index in [2.05, 4.69) is 9.46 Å². The average molecular weight is 468 g/mol. The van der Waals surface area contributed by atoms with Crippen LogP contribution in [0.5, 0.6) is 0 Å². The van der Waals surface area contributed by atoms with Gasteiger partial charge in [0.25, 0.3) is 0 Å². The Balaban J connectivity index is 2.58. The number of hydrogen-bond acceptors (Lipinski definition) is 7. The molecule has 30 heavy (non-hydrogen) atoms. The maximum absolute atomic E-state index is 12.9. The monoisotopic (exact) mass is 467 g/mol. The molecule has 0 saturated carbocycles. The fourth-order valence-electron chi connectivity index (χ4n) is 2.07. The number of nitrogens with zero attached hydrogens (tertiary/aromatic N) is 1. The summed E-state index contributed by atoms with van der Waals surface area (Å²) in [5, 5.41) is 8.13. The zero-order chi connectivity index (χ0) is 23.1. The first-order chi connectivity index (χ1) is 13.8. The fraction of sp³-hybridized carbons (Fsp3) is 0.353. The molecule has 0 spiro atoms. The Labute approximate surface area is 175 Å². The number of benzene rings is 1. The lowest BCUT2D eigenvalue weighted by Gasteiger charge is -2.12. The number of esters is 1. The molecule has 0 unspecified atom stereocenters. The van der Waals surface area contributed by atoms with Crippen molar-refractivity contribution in [1.82, 2.24) is 4.72 Å². The van der Waals surface area contributed by atoms with Gasteiger partial charge >= 0.3 is 12.1 Å². The number of ether oxygens (including phenoxy) is 1. The number of rotatable bonds is 9. The van der Waals surface area contributed by atoms with Crippen LogP contribution < -0.4 is 10.5 Å². The SMILES string of the molecule is CC(N)=C(C#N)C(=O)COC(=O)CCCNS(=O)(=O)c1ccc(Cl)c(C(F)(F)F)c1. The van der Waals surface area contributed by atoms with Gasteiger partial charge in [-0.05, 0) is 31.5 Å². The van der Waals surface area contributed by atoms with E-state index < -0.39 is 50.0 Å². The summed E-state index contributed by atoms with van der Waals surface area (Å²) in [6.07, 6.45) is -5.16. The van der Waals surface area contributed by atoms with Crippen LogP contribution in [0.25, 0.3) is 0 Å². The first-order valence-corrected chi connectivity index (χ1v) is 10.1. The minimum absolute atomic E-state index is 0.0242. The second-order valence-electron chi connectivity index (χ2n) is 5.89. The molecule has 1 aromatic rings. The quantitative estimate of drug-likeness (QED) is 0.246. The van der Waals surface area contributed by atoms with Crippen LogP contribution in [0.4, 0.5) is 13.2 Å². The van der Waals surface area contributed by atoms with Crippen molar-refractivity contribution < 1.29 is 35.9 Å². The second-order valence-corrected chi connectivity index (χ2v) is 8.07. The Morgan fingerprint density at radius 3 is 2.50 bits per heavy atom. The number of hydrogen-bond donors (Lipinski definition) is 2. The minimum atomic E-state index is -4.83. The van der Waals surface area contributed by atoms with Crippen molar-refractivity contribution in [2.45, 2.75) is 30.8 Å². The fourth-order valence-corrected chi connectivity index (χ4v) is 3.40. The van der Waals surface area contributed by atoms with E-state index in [4.69, 9.17) is 22.6 Å². The molecule has 0 bridgehead atoms. The largest absolute Gasteiger partial charge is 0.457 e. The summed E-state index contributed by atoms with van der Waals surface area (Å²) in [5.41, 5.74) is 3.69. The lowest BCUT2D eigenvalue weighted by molar-refractivity contribution is -0.147. The van der Waals surface area contributed by atoms with E-state index >= 15 is 0 Å². The second kappa shape index (κ2) is 10.4. The van der Waals surface area contributed by atoms with E-state index in [1.54, 1.807) is 6.07 Å². The Morgan fingerprint density at radius 2 is 1.97 bits per heavy atom. The number of halogens is 4. The van der Waals surface area contributed by atoms with Gasteiger partial charge in [0.2, 0.25) is 15.8 Å². The van der Waals surface area contributed by atoms with Crippen LogP contribution in [-0.2, 0) is 30.5 Å². The third-order valence-corrected chi connectivity index (χ3v) is 5.34. The van der Waals surface area contributed by atoms with Crippen LogP contribution in [0.15, 0.2) is 34.4 Å². The minimum Gasteiger partial charge on any atom is -0.457 e. The van der Waals surface area contributed by atoms with Crippen molar-refractivity contribution in [3.8, 4) is 6.07 Å².